The highest BCUT2D eigenvalue weighted by Gasteiger charge is 2.28. The molecule has 29 heavy (non-hydrogen) atoms. The summed E-state index contributed by atoms with van der Waals surface area (Å²) < 4.78 is 22.7. The van der Waals surface area contributed by atoms with Crippen molar-refractivity contribution < 1.29 is 32.9 Å². The molecule has 0 aromatic heterocycles. The van der Waals surface area contributed by atoms with Crippen LogP contribution < -0.4 is 5.32 Å². The minimum Gasteiger partial charge on any atom is -0.391 e. The first-order valence-electron chi connectivity index (χ1n) is 10.9. The molecule has 0 fully saturated rings. The van der Waals surface area contributed by atoms with Gasteiger partial charge >= 0.3 is 7.82 Å². The van der Waals surface area contributed by atoms with E-state index in [1.807, 2.05) is 21.1 Å². The molecule has 0 aliphatic rings. The minimum absolute atomic E-state index is 0.0733. The summed E-state index contributed by atoms with van der Waals surface area (Å²) in [7, 11) is 1.60. The molecule has 3 unspecified atom stereocenters. The van der Waals surface area contributed by atoms with E-state index in [0.717, 1.165) is 19.3 Å². The summed E-state index contributed by atoms with van der Waals surface area (Å²) in [5.74, 6) is -0.240. The lowest BCUT2D eigenvalue weighted by Crippen LogP contribution is -2.46. The van der Waals surface area contributed by atoms with Gasteiger partial charge in [-0.1, -0.05) is 58.8 Å². The van der Waals surface area contributed by atoms with Crippen molar-refractivity contribution in [1.82, 2.24) is 5.32 Å². The fourth-order valence-corrected chi connectivity index (χ4v) is 3.45. The van der Waals surface area contributed by atoms with Crippen LogP contribution in [0.1, 0.15) is 71.6 Å². The van der Waals surface area contributed by atoms with Crippen LogP contribution in [-0.4, -0.2) is 73.4 Å². The Labute approximate surface area is 177 Å². The number of hydrogen-bond donors (Lipinski definition) is 3. The molecule has 0 heterocycles. The Morgan fingerprint density at radius 2 is 1.62 bits per heavy atom. The second kappa shape index (κ2) is 15.3. The standard InChI is InChI=1S/C20H43N2O6P/c1-6-8-9-10-11-12-13-14-19(23)18(21-20(24)7-2)17-28-29(25,26)27-16-15-22(3,4)5/h18-19,23H,6-17H2,1-5H3,(H-,21,24,25,26)/p+1. The van der Waals surface area contributed by atoms with Gasteiger partial charge in [0.2, 0.25) is 5.91 Å². The lowest BCUT2D eigenvalue weighted by Gasteiger charge is -2.26. The number of nitrogens with one attached hydrogen (secondary N) is 1. The summed E-state index contributed by atoms with van der Waals surface area (Å²) >= 11 is 0. The van der Waals surface area contributed by atoms with E-state index >= 15 is 0 Å². The van der Waals surface area contributed by atoms with Crippen molar-refractivity contribution in [2.75, 3.05) is 40.9 Å². The van der Waals surface area contributed by atoms with Crippen LogP contribution in [-0.2, 0) is 18.4 Å². The minimum atomic E-state index is -4.24. The monoisotopic (exact) mass is 439 g/mol. The molecule has 3 N–H and O–H groups in total. The number of nitrogens with zero attached hydrogens (tertiary/aromatic N) is 1. The van der Waals surface area contributed by atoms with E-state index in [4.69, 9.17) is 9.05 Å². The predicted octanol–water partition coefficient (Wildman–Crippen LogP) is 3.22. The number of phosphoric acid groups is 1. The Hall–Kier alpha value is -0.500. The first-order valence-corrected chi connectivity index (χ1v) is 12.4. The lowest BCUT2D eigenvalue weighted by atomic mass is 10.0. The second-order valence-electron chi connectivity index (χ2n) is 8.62. The average Bonchev–Trinajstić information content (AvgIpc) is 2.62. The van der Waals surface area contributed by atoms with E-state index in [-0.39, 0.29) is 25.5 Å². The zero-order chi connectivity index (χ0) is 22.3. The maximum absolute atomic E-state index is 12.1. The van der Waals surface area contributed by atoms with E-state index in [9.17, 15) is 19.4 Å². The van der Waals surface area contributed by atoms with Crippen molar-refractivity contribution >= 4 is 13.7 Å². The van der Waals surface area contributed by atoms with Crippen molar-refractivity contribution in [2.24, 2.45) is 0 Å². The van der Waals surface area contributed by atoms with Gasteiger partial charge in [0.15, 0.2) is 0 Å². The third kappa shape index (κ3) is 16.9. The topological polar surface area (TPSA) is 105 Å². The number of aliphatic hydroxyl groups excluding tert-OH is 1. The predicted molar refractivity (Wildman–Crippen MR) is 115 cm³/mol. The Morgan fingerprint density at radius 1 is 1.03 bits per heavy atom. The fourth-order valence-electron chi connectivity index (χ4n) is 2.71. The molecule has 1 amide bonds. The first-order chi connectivity index (χ1) is 13.5. The van der Waals surface area contributed by atoms with Crippen molar-refractivity contribution in [1.29, 1.82) is 0 Å². The highest BCUT2D eigenvalue weighted by atomic mass is 31.2. The Bertz CT molecular complexity index is 484. The molecular formula is C20H44N2O6P+. The number of carbonyl (C=O) groups is 1. The smallest absolute Gasteiger partial charge is 0.391 e. The molecule has 0 saturated heterocycles. The van der Waals surface area contributed by atoms with Crippen LogP contribution in [0.3, 0.4) is 0 Å². The van der Waals surface area contributed by atoms with E-state index in [1.165, 1.54) is 25.7 Å². The molecule has 174 valence electrons. The van der Waals surface area contributed by atoms with Crippen LogP contribution in [0, 0.1) is 0 Å². The normalized spacial score (nSPS) is 16.2. The number of phosphoric ester groups is 1. The summed E-state index contributed by atoms with van der Waals surface area (Å²) in [6.45, 7) is 4.24. The molecule has 0 aliphatic carbocycles. The van der Waals surface area contributed by atoms with Gasteiger partial charge in [-0.25, -0.2) is 4.57 Å². The number of hydrogen-bond acceptors (Lipinski definition) is 5. The summed E-state index contributed by atoms with van der Waals surface area (Å²) in [6.07, 6.45) is 7.80. The summed E-state index contributed by atoms with van der Waals surface area (Å²) in [5.41, 5.74) is 0. The molecule has 0 aliphatic heterocycles. The molecule has 3 atom stereocenters. The van der Waals surface area contributed by atoms with E-state index in [2.05, 4.69) is 12.2 Å². The molecule has 9 heteroatoms. The quantitative estimate of drug-likeness (QED) is 0.172. The average molecular weight is 440 g/mol. The summed E-state index contributed by atoms with van der Waals surface area (Å²) in [4.78, 5) is 21.6. The van der Waals surface area contributed by atoms with Crippen LogP contribution in [0.5, 0.6) is 0 Å². The van der Waals surface area contributed by atoms with Gasteiger partial charge in [-0.2, -0.15) is 0 Å². The van der Waals surface area contributed by atoms with Crippen molar-refractivity contribution in [2.45, 2.75) is 83.8 Å². The third-order valence-corrected chi connectivity index (χ3v) is 5.65. The second-order valence-corrected chi connectivity index (χ2v) is 10.1. The van der Waals surface area contributed by atoms with Gasteiger partial charge in [-0.05, 0) is 6.42 Å². The lowest BCUT2D eigenvalue weighted by molar-refractivity contribution is -0.870. The summed E-state index contributed by atoms with van der Waals surface area (Å²) in [6, 6.07) is -0.745. The molecule has 8 nitrogen and oxygen atoms in total. The SMILES string of the molecule is CCCCCCCCCC(O)C(COP(=O)(O)OCC[N+](C)(C)C)NC(=O)CC. The van der Waals surface area contributed by atoms with Crippen molar-refractivity contribution in [3.05, 3.63) is 0 Å². The molecule has 0 aromatic carbocycles. The van der Waals surface area contributed by atoms with Crippen LogP contribution in [0.25, 0.3) is 0 Å². The van der Waals surface area contributed by atoms with Crippen LogP contribution in [0.2, 0.25) is 0 Å². The van der Waals surface area contributed by atoms with Gasteiger partial charge in [0, 0.05) is 6.42 Å². The Morgan fingerprint density at radius 3 is 2.17 bits per heavy atom. The first kappa shape index (κ1) is 28.5. The maximum atomic E-state index is 12.1. The number of likely N-dealkylation sites (N-methyl/N-ethyl adjacent to an activating group) is 1. The molecular weight excluding hydrogens is 395 g/mol. The fraction of sp³-hybridized carbons (Fsp3) is 0.950. The molecule has 0 aromatic rings. The van der Waals surface area contributed by atoms with Gasteiger partial charge in [0.1, 0.15) is 13.2 Å². The number of unbranched alkanes of at least 4 members (excludes halogenated alkanes) is 6. The van der Waals surface area contributed by atoms with E-state index in [0.29, 0.717) is 17.4 Å². The van der Waals surface area contributed by atoms with Gasteiger partial charge < -0.3 is 19.8 Å². The van der Waals surface area contributed by atoms with Crippen LogP contribution in [0.15, 0.2) is 0 Å². The largest absolute Gasteiger partial charge is 0.472 e. The van der Waals surface area contributed by atoms with E-state index in [1.54, 1.807) is 6.92 Å². The maximum Gasteiger partial charge on any atom is 0.472 e. The number of amides is 1. The van der Waals surface area contributed by atoms with Crippen LogP contribution >= 0.6 is 7.82 Å². The molecule has 0 saturated carbocycles. The summed E-state index contributed by atoms with van der Waals surface area (Å²) in [5, 5.41) is 13.1. The van der Waals surface area contributed by atoms with Crippen molar-refractivity contribution in [3.63, 3.8) is 0 Å². The number of carbonyl (C=O) groups excluding carboxylic acids is 1. The zero-order valence-electron chi connectivity index (χ0n) is 19.1. The van der Waals surface area contributed by atoms with Gasteiger partial charge in [0.25, 0.3) is 0 Å². The number of quaternary nitrogens is 1. The van der Waals surface area contributed by atoms with Gasteiger partial charge in [-0.15, -0.1) is 0 Å². The molecule has 0 bridgehead atoms. The van der Waals surface area contributed by atoms with Crippen molar-refractivity contribution in [3.8, 4) is 0 Å². The Kier molecular flexibility index (Phi) is 15.1. The van der Waals surface area contributed by atoms with Gasteiger partial charge in [0.05, 0.1) is 39.9 Å². The molecule has 0 radical (unpaired) electrons. The Balaban J connectivity index is 4.45. The molecule has 0 rings (SSSR count). The zero-order valence-corrected chi connectivity index (χ0v) is 20.0. The number of rotatable bonds is 18. The molecule has 0 spiro atoms. The highest BCUT2D eigenvalue weighted by molar-refractivity contribution is 7.47. The van der Waals surface area contributed by atoms with Crippen LogP contribution in [0.4, 0.5) is 0 Å². The van der Waals surface area contributed by atoms with Gasteiger partial charge in [-0.3, -0.25) is 13.8 Å². The highest BCUT2D eigenvalue weighted by Crippen LogP contribution is 2.43. The van der Waals surface area contributed by atoms with E-state index < -0.39 is 20.0 Å². The third-order valence-electron chi connectivity index (χ3n) is 4.67. The number of aliphatic hydroxyl groups is 1.